The molecule has 0 saturated carbocycles. The predicted octanol–water partition coefficient (Wildman–Crippen LogP) is 4.24. The van der Waals surface area contributed by atoms with E-state index in [4.69, 9.17) is 0 Å². The minimum atomic E-state index is 0.905. The SMILES string of the molecule is CNCc1ccc(-c2ccc3nc(C)ccc3c2)c(C)c1. The molecule has 0 aliphatic heterocycles. The topological polar surface area (TPSA) is 24.9 Å². The lowest BCUT2D eigenvalue weighted by Gasteiger charge is -2.10. The Labute approximate surface area is 125 Å². The van der Waals surface area contributed by atoms with Crippen molar-refractivity contribution in [2.45, 2.75) is 20.4 Å². The molecule has 0 unspecified atom stereocenters. The fraction of sp³-hybridized carbons (Fsp3) is 0.211. The Hall–Kier alpha value is -2.19. The van der Waals surface area contributed by atoms with E-state index in [1.165, 1.54) is 27.6 Å². The second kappa shape index (κ2) is 5.66. The molecule has 0 fully saturated rings. The zero-order chi connectivity index (χ0) is 14.8. The van der Waals surface area contributed by atoms with Crippen molar-refractivity contribution in [1.29, 1.82) is 0 Å². The van der Waals surface area contributed by atoms with Crippen molar-refractivity contribution in [1.82, 2.24) is 10.3 Å². The van der Waals surface area contributed by atoms with E-state index < -0.39 is 0 Å². The molecule has 1 N–H and O–H groups in total. The number of nitrogens with zero attached hydrogens (tertiary/aromatic N) is 1. The third-order valence-electron chi connectivity index (χ3n) is 3.81. The summed E-state index contributed by atoms with van der Waals surface area (Å²) >= 11 is 0. The first kappa shape index (κ1) is 13.8. The highest BCUT2D eigenvalue weighted by molar-refractivity contribution is 5.85. The van der Waals surface area contributed by atoms with Crippen LogP contribution in [0.25, 0.3) is 22.0 Å². The normalized spacial score (nSPS) is 11.0. The minimum Gasteiger partial charge on any atom is -0.316 e. The van der Waals surface area contributed by atoms with Crippen LogP contribution in [0.15, 0.2) is 48.5 Å². The summed E-state index contributed by atoms with van der Waals surface area (Å²) in [5.41, 5.74) is 7.28. The average Bonchev–Trinajstić information content (AvgIpc) is 2.47. The Morgan fingerprint density at radius 3 is 2.57 bits per heavy atom. The van der Waals surface area contributed by atoms with Crippen LogP contribution in [0.4, 0.5) is 0 Å². The summed E-state index contributed by atoms with van der Waals surface area (Å²) < 4.78 is 0. The smallest absolute Gasteiger partial charge is 0.0705 e. The molecule has 0 aliphatic rings. The van der Waals surface area contributed by atoms with Gasteiger partial charge in [-0.1, -0.05) is 30.3 Å². The Morgan fingerprint density at radius 2 is 1.81 bits per heavy atom. The molecule has 0 aliphatic carbocycles. The molecule has 0 atom stereocenters. The maximum absolute atomic E-state index is 4.56. The summed E-state index contributed by atoms with van der Waals surface area (Å²) in [6.45, 7) is 5.10. The second-order valence-electron chi connectivity index (χ2n) is 5.54. The molecule has 0 saturated heterocycles. The van der Waals surface area contributed by atoms with Crippen molar-refractivity contribution in [3.63, 3.8) is 0 Å². The number of fused-ring (bicyclic) bond motifs is 1. The van der Waals surface area contributed by atoms with Gasteiger partial charge in [0.05, 0.1) is 5.52 Å². The molecule has 0 bridgehead atoms. The molecule has 0 amide bonds. The van der Waals surface area contributed by atoms with Crippen LogP contribution in [0.2, 0.25) is 0 Å². The summed E-state index contributed by atoms with van der Waals surface area (Å²) in [6, 6.07) is 17.4. The van der Waals surface area contributed by atoms with Gasteiger partial charge in [0.2, 0.25) is 0 Å². The van der Waals surface area contributed by atoms with Crippen molar-refractivity contribution in [3.05, 3.63) is 65.4 Å². The first-order valence-electron chi connectivity index (χ1n) is 7.29. The molecule has 3 rings (SSSR count). The lowest BCUT2D eigenvalue weighted by molar-refractivity contribution is 0.817. The van der Waals surface area contributed by atoms with Gasteiger partial charge in [0.15, 0.2) is 0 Å². The molecule has 0 spiro atoms. The molecular weight excluding hydrogens is 256 g/mol. The monoisotopic (exact) mass is 276 g/mol. The van der Waals surface area contributed by atoms with Crippen LogP contribution in [0.3, 0.4) is 0 Å². The van der Waals surface area contributed by atoms with Gasteiger partial charge in [-0.2, -0.15) is 0 Å². The number of benzene rings is 2. The highest BCUT2D eigenvalue weighted by Crippen LogP contribution is 2.27. The van der Waals surface area contributed by atoms with E-state index in [2.05, 4.69) is 65.8 Å². The van der Waals surface area contributed by atoms with Gasteiger partial charge in [-0.05, 0) is 61.3 Å². The van der Waals surface area contributed by atoms with Crippen molar-refractivity contribution in [2.75, 3.05) is 7.05 Å². The van der Waals surface area contributed by atoms with Gasteiger partial charge in [-0.15, -0.1) is 0 Å². The third-order valence-corrected chi connectivity index (χ3v) is 3.81. The lowest BCUT2D eigenvalue weighted by Crippen LogP contribution is -2.05. The van der Waals surface area contributed by atoms with E-state index in [1.54, 1.807) is 0 Å². The first-order chi connectivity index (χ1) is 10.2. The van der Waals surface area contributed by atoms with Gasteiger partial charge >= 0.3 is 0 Å². The summed E-state index contributed by atoms with van der Waals surface area (Å²) in [5.74, 6) is 0. The molecular formula is C19H20N2. The highest BCUT2D eigenvalue weighted by atomic mass is 14.8. The van der Waals surface area contributed by atoms with Gasteiger partial charge in [-0.3, -0.25) is 4.98 Å². The van der Waals surface area contributed by atoms with Crippen molar-refractivity contribution in [2.24, 2.45) is 0 Å². The van der Waals surface area contributed by atoms with E-state index >= 15 is 0 Å². The maximum atomic E-state index is 4.56. The van der Waals surface area contributed by atoms with Crippen LogP contribution in [-0.4, -0.2) is 12.0 Å². The number of hydrogen-bond donors (Lipinski definition) is 1. The third kappa shape index (κ3) is 2.81. The van der Waals surface area contributed by atoms with E-state index in [0.717, 1.165) is 17.8 Å². The zero-order valence-corrected chi connectivity index (χ0v) is 12.8. The number of hydrogen-bond acceptors (Lipinski definition) is 2. The van der Waals surface area contributed by atoms with E-state index in [1.807, 2.05) is 14.0 Å². The molecule has 1 heterocycles. The molecule has 3 aromatic rings. The van der Waals surface area contributed by atoms with Gasteiger partial charge in [0, 0.05) is 17.6 Å². The molecule has 2 heteroatoms. The number of pyridine rings is 1. The van der Waals surface area contributed by atoms with Crippen molar-refractivity contribution < 1.29 is 0 Å². The maximum Gasteiger partial charge on any atom is 0.0705 e. The van der Waals surface area contributed by atoms with Crippen LogP contribution in [0.1, 0.15) is 16.8 Å². The van der Waals surface area contributed by atoms with Gasteiger partial charge in [0.25, 0.3) is 0 Å². The molecule has 2 nitrogen and oxygen atoms in total. The van der Waals surface area contributed by atoms with E-state index in [-0.39, 0.29) is 0 Å². The van der Waals surface area contributed by atoms with Gasteiger partial charge in [0.1, 0.15) is 0 Å². The average molecular weight is 276 g/mol. The largest absolute Gasteiger partial charge is 0.316 e. The van der Waals surface area contributed by atoms with E-state index in [0.29, 0.717) is 0 Å². The molecule has 1 aromatic heterocycles. The van der Waals surface area contributed by atoms with Crippen molar-refractivity contribution >= 4 is 10.9 Å². The standard InChI is InChI=1S/C19H20N2/c1-13-10-15(12-20-3)5-8-18(13)16-7-9-19-17(11-16)6-4-14(2)21-19/h4-11,20H,12H2,1-3H3. The summed E-state index contributed by atoms with van der Waals surface area (Å²) in [6.07, 6.45) is 0. The Morgan fingerprint density at radius 1 is 0.952 bits per heavy atom. The quantitative estimate of drug-likeness (QED) is 0.774. The van der Waals surface area contributed by atoms with Crippen LogP contribution < -0.4 is 5.32 Å². The van der Waals surface area contributed by atoms with Gasteiger partial charge < -0.3 is 5.32 Å². The van der Waals surface area contributed by atoms with Crippen LogP contribution in [0.5, 0.6) is 0 Å². The second-order valence-corrected chi connectivity index (χ2v) is 5.54. The number of aromatic nitrogens is 1. The minimum absolute atomic E-state index is 0.905. The molecule has 21 heavy (non-hydrogen) atoms. The lowest BCUT2D eigenvalue weighted by atomic mass is 9.97. The number of aryl methyl sites for hydroxylation is 2. The predicted molar refractivity (Wildman–Crippen MR) is 89.4 cm³/mol. The van der Waals surface area contributed by atoms with Gasteiger partial charge in [-0.25, -0.2) is 0 Å². The summed E-state index contributed by atoms with van der Waals surface area (Å²) in [5, 5.41) is 4.38. The molecule has 2 aromatic carbocycles. The zero-order valence-electron chi connectivity index (χ0n) is 12.8. The number of nitrogens with one attached hydrogen (secondary N) is 1. The Balaban J connectivity index is 2.05. The molecule has 106 valence electrons. The Bertz CT molecular complexity index is 791. The fourth-order valence-electron chi connectivity index (χ4n) is 2.76. The Kier molecular flexibility index (Phi) is 3.72. The van der Waals surface area contributed by atoms with E-state index in [9.17, 15) is 0 Å². The summed E-state index contributed by atoms with van der Waals surface area (Å²) in [4.78, 5) is 4.56. The number of rotatable bonds is 3. The van der Waals surface area contributed by atoms with Crippen LogP contribution in [0, 0.1) is 13.8 Å². The summed E-state index contributed by atoms with van der Waals surface area (Å²) in [7, 11) is 1.97. The van der Waals surface area contributed by atoms with Crippen LogP contribution >= 0.6 is 0 Å². The highest BCUT2D eigenvalue weighted by Gasteiger charge is 2.05. The van der Waals surface area contributed by atoms with Crippen molar-refractivity contribution in [3.8, 4) is 11.1 Å². The first-order valence-corrected chi connectivity index (χ1v) is 7.29. The molecule has 0 radical (unpaired) electrons. The van der Waals surface area contributed by atoms with Crippen LogP contribution in [-0.2, 0) is 6.54 Å². The fourth-order valence-corrected chi connectivity index (χ4v) is 2.76.